The van der Waals surface area contributed by atoms with E-state index >= 15 is 0 Å². The Balaban J connectivity index is 1.66. The quantitative estimate of drug-likeness (QED) is 0.563. The standard InChI is InChI=1S/C21H19N3OS/c1-15(16-7-3-2-4-8-16)24-18-10-12-26-20(18)13-19(24)21(25)23-14-17-9-5-6-11-22-17/h2-13,15H,14H2,1H3,(H,23,25)/t15-/m1/s1. The van der Waals surface area contributed by atoms with Gasteiger partial charge in [0.15, 0.2) is 0 Å². The van der Waals surface area contributed by atoms with Crippen LogP contribution in [0.1, 0.15) is 34.7 Å². The van der Waals surface area contributed by atoms with Crippen molar-refractivity contribution in [3.63, 3.8) is 0 Å². The van der Waals surface area contributed by atoms with E-state index in [1.165, 1.54) is 5.56 Å². The number of hydrogen-bond acceptors (Lipinski definition) is 3. The fourth-order valence-corrected chi connectivity index (χ4v) is 3.99. The summed E-state index contributed by atoms with van der Waals surface area (Å²) in [7, 11) is 0. The third kappa shape index (κ3) is 3.13. The van der Waals surface area contributed by atoms with Gasteiger partial charge in [0, 0.05) is 6.20 Å². The molecule has 0 unspecified atom stereocenters. The van der Waals surface area contributed by atoms with Gasteiger partial charge in [0.1, 0.15) is 5.69 Å². The van der Waals surface area contributed by atoms with Gasteiger partial charge < -0.3 is 9.88 Å². The number of carbonyl (C=O) groups excluding carboxylic acids is 1. The van der Waals surface area contributed by atoms with Crippen LogP contribution in [0.15, 0.2) is 72.2 Å². The molecule has 0 aliphatic heterocycles. The lowest BCUT2D eigenvalue weighted by atomic mass is 10.1. The number of aromatic nitrogens is 2. The molecule has 0 saturated carbocycles. The Labute approximate surface area is 156 Å². The maximum atomic E-state index is 12.9. The van der Waals surface area contributed by atoms with Crippen LogP contribution in [-0.2, 0) is 6.54 Å². The Morgan fingerprint density at radius 1 is 1.15 bits per heavy atom. The molecule has 0 spiro atoms. The summed E-state index contributed by atoms with van der Waals surface area (Å²) in [4.78, 5) is 17.1. The maximum absolute atomic E-state index is 12.9. The topological polar surface area (TPSA) is 46.9 Å². The lowest BCUT2D eigenvalue weighted by Gasteiger charge is -2.19. The molecular weight excluding hydrogens is 342 g/mol. The van der Waals surface area contributed by atoms with Gasteiger partial charge in [-0.05, 0) is 42.1 Å². The van der Waals surface area contributed by atoms with Crippen LogP contribution in [0.25, 0.3) is 10.2 Å². The van der Waals surface area contributed by atoms with E-state index < -0.39 is 0 Å². The van der Waals surface area contributed by atoms with Crippen LogP contribution in [0, 0.1) is 0 Å². The molecule has 0 aliphatic carbocycles. The molecule has 1 amide bonds. The number of benzene rings is 1. The predicted molar refractivity (Wildman–Crippen MR) is 105 cm³/mol. The number of nitrogens with zero attached hydrogens (tertiary/aromatic N) is 2. The molecule has 5 heteroatoms. The Morgan fingerprint density at radius 3 is 2.73 bits per heavy atom. The highest BCUT2D eigenvalue weighted by Crippen LogP contribution is 2.31. The Kier molecular flexibility index (Phi) is 4.54. The van der Waals surface area contributed by atoms with Crippen LogP contribution in [0.5, 0.6) is 0 Å². The van der Waals surface area contributed by atoms with Gasteiger partial charge >= 0.3 is 0 Å². The maximum Gasteiger partial charge on any atom is 0.268 e. The molecule has 1 atom stereocenters. The van der Waals surface area contributed by atoms with Crippen molar-refractivity contribution in [2.75, 3.05) is 0 Å². The number of hydrogen-bond donors (Lipinski definition) is 1. The van der Waals surface area contributed by atoms with Crippen molar-refractivity contribution < 1.29 is 4.79 Å². The van der Waals surface area contributed by atoms with Crippen LogP contribution in [-0.4, -0.2) is 15.5 Å². The zero-order valence-electron chi connectivity index (χ0n) is 14.4. The van der Waals surface area contributed by atoms with E-state index in [1.54, 1.807) is 17.5 Å². The van der Waals surface area contributed by atoms with E-state index in [-0.39, 0.29) is 11.9 Å². The molecule has 0 fully saturated rings. The SMILES string of the molecule is C[C@H](c1ccccc1)n1c(C(=O)NCc2ccccn2)cc2sccc21. The van der Waals surface area contributed by atoms with Crippen molar-refractivity contribution in [2.45, 2.75) is 19.5 Å². The number of carbonyl (C=O) groups is 1. The minimum Gasteiger partial charge on any atom is -0.345 e. The molecule has 3 heterocycles. The molecule has 0 radical (unpaired) electrons. The molecular formula is C21H19N3OS. The molecule has 4 rings (SSSR count). The second-order valence-electron chi connectivity index (χ2n) is 6.16. The largest absolute Gasteiger partial charge is 0.345 e. The Bertz CT molecular complexity index is 1020. The van der Waals surface area contributed by atoms with Crippen molar-refractivity contribution in [3.8, 4) is 0 Å². The van der Waals surface area contributed by atoms with Crippen molar-refractivity contribution >= 4 is 27.5 Å². The minimum absolute atomic E-state index is 0.0684. The van der Waals surface area contributed by atoms with Gasteiger partial charge in [-0.1, -0.05) is 36.4 Å². The van der Waals surface area contributed by atoms with Gasteiger partial charge in [-0.15, -0.1) is 11.3 Å². The van der Waals surface area contributed by atoms with Crippen molar-refractivity contribution in [2.24, 2.45) is 0 Å². The summed E-state index contributed by atoms with van der Waals surface area (Å²) in [5, 5.41) is 5.06. The van der Waals surface area contributed by atoms with E-state index in [2.05, 4.69) is 45.4 Å². The second-order valence-corrected chi connectivity index (χ2v) is 7.11. The average molecular weight is 361 g/mol. The number of amides is 1. The number of rotatable bonds is 5. The van der Waals surface area contributed by atoms with Crippen LogP contribution in [0.2, 0.25) is 0 Å². The van der Waals surface area contributed by atoms with E-state index in [0.717, 1.165) is 15.9 Å². The lowest BCUT2D eigenvalue weighted by molar-refractivity contribution is 0.0940. The highest BCUT2D eigenvalue weighted by molar-refractivity contribution is 7.17. The summed E-state index contributed by atoms with van der Waals surface area (Å²) >= 11 is 1.65. The number of fused-ring (bicyclic) bond motifs is 1. The van der Waals surface area contributed by atoms with Gasteiger partial charge in [0.05, 0.1) is 28.5 Å². The van der Waals surface area contributed by atoms with Gasteiger partial charge in [0.2, 0.25) is 0 Å². The summed E-state index contributed by atoms with van der Waals surface area (Å²) in [6.07, 6.45) is 1.73. The first-order valence-electron chi connectivity index (χ1n) is 8.55. The molecule has 130 valence electrons. The second kappa shape index (κ2) is 7.14. The fraction of sp³-hybridized carbons (Fsp3) is 0.143. The normalized spacial score (nSPS) is 12.2. The molecule has 3 aromatic heterocycles. The van der Waals surface area contributed by atoms with Crippen molar-refractivity contribution in [3.05, 3.63) is 89.2 Å². The highest BCUT2D eigenvalue weighted by atomic mass is 32.1. The Morgan fingerprint density at radius 2 is 1.96 bits per heavy atom. The smallest absolute Gasteiger partial charge is 0.268 e. The summed E-state index contributed by atoms with van der Waals surface area (Å²) in [6, 6.07) is 20.1. The first-order chi connectivity index (χ1) is 12.7. The van der Waals surface area contributed by atoms with Gasteiger partial charge in [-0.25, -0.2) is 0 Å². The van der Waals surface area contributed by atoms with E-state index in [4.69, 9.17) is 0 Å². The molecule has 0 aliphatic rings. The first-order valence-corrected chi connectivity index (χ1v) is 9.43. The highest BCUT2D eigenvalue weighted by Gasteiger charge is 2.21. The molecule has 1 aromatic carbocycles. The van der Waals surface area contributed by atoms with E-state index in [0.29, 0.717) is 12.2 Å². The first kappa shape index (κ1) is 16.5. The minimum atomic E-state index is -0.0816. The monoisotopic (exact) mass is 361 g/mol. The average Bonchev–Trinajstić information content (AvgIpc) is 3.28. The van der Waals surface area contributed by atoms with E-state index in [9.17, 15) is 4.79 Å². The zero-order valence-corrected chi connectivity index (χ0v) is 15.2. The Hall–Kier alpha value is -2.92. The van der Waals surface area contributed by atoms with Crippen LogP contribution >= 0.6 is 11.3 Å². The van der Waals surface area contributed by atoms with Crippen LogP contribution < -0.4 is 5.32 Å². The summed E-state index contributed by atoms with van der Waals surface area (Å²) in [5.74, 6) is -0.0816. The van der Waals surface area contributed by atoms with Gasteiger partial charge in [-0.2, -0.15) is 0 Å². The van der Waals surface area contributed by atoms with Crippen LogP contribution in [0.4, 0.5) is 0 Å². The number of nitrogens with one attached hydrogen (secondary N) is 1. The molecule has 4 aromatic rings. The third-order valence-electron chi connectivity index (χ3n) is 4.52. The molecule has 4 nitrogen and oxygen atoms in total. The molecule has 26 heavy (non-hydrogen) atoms. The van der Waals surface area contributed by atoms with Crippen molar-refractivity contribution in [1.82, 2.24) is 14.9 Å². The lowest BCUT2D eigenvalue weighted by Crippen LogP contribution is -2.26. The van der Waals surface area contributed by atoms with Crippen LogP contribution in [0.3, 0.4) is 0 Å². The fourth-order valence-electron chi connectivity index (χ4n) is 3.18. The number of thiophene rings is 1. The van der Waals surface area contributed by atoms with Crippen molar-refractivity contribution in [1.29, 1.82) is 0 Å². The number of pyridine rings is 1. The van der Waals surface area contributed by atoms with E-state index in [1.807, 2.05) is 42.5 Å². The molecule has 0 saturated heterocycles. The summed E-state index contributed by atoms with van der Waals surface area (Å²) in [6.45, 7) is 2.54. The summed E-state index contributed by atoms with van der Waals surface area (Å²) < 4.78 is 3.24. The third-order valence-corrected chi connectivity index (χ3v) is 5.37. The predicted octanol–water partition coefficient (Wildman–Crippen LogP) is 4.64. The zero-order chi connectivity index (χ0) is 17.9. The molecule has 1 N–H and O–H groups in total. The summed E-state index contributed by atoms with van der Waals surface area (Å²) in [5.41, 5.74) is 3.79. The molecule has 0 bridgehead atoms. The van der Waals surface area contributed by atoms with Gasteiger partial charge in [0.25, 0.3) is 5.91 Å². The van der Waals surface area contributed by atoms with Gasteiger partial charge in [-0.3, -0.25) is 9.78 Å².